The molecule has 1 N–H and O–H groups in total. The molecule has 1 aromatic rings. The SMILES string of the molecule is CC1(CNC(=O)C2(c3ccc(F)cc3)CC2)COC1. The average molecular weight is 263 g/mol. The Hall–Kier alpha value is -1.42. The molecule has 2 fully saturated rings. The molecular formula is C15H18FNO2. The number of rotatable bonds is 4. The molecule has 2 aliphatic rings. The van der Waals surface area contributed by atoms with Gasteiger partial charge in [-0.15, -0.1) is 0 Å². The van der Waals surface area contributed by atoms with E-state index in [9.17, 15) is 9.18 Å². The molecular weight excluding hydrogens is 245 g/mol. The number of hydrogen-bond donors (Lipinski definition) is 1. The third kappa shape index (κ3) is 2.25. The predicted octanol–water partition coefficient (Wildman–Crippen LogP) is 2.01. The highest BCUT2D eigenvalue weighted by Crippen LogP contribution is 2.48. The number of nitrogens with one attached hydrogen (secondary N) is 1. The Labute approximate surface area is 112 Å². The van der Waals surface area contributed by atoms with Crippen LogP contribution in [0.5, 0.6) is 0 Å². The second-order valence-electron chi connectivity index (χ2n) is 6.08. The van der Waals surface area contributed by atoms with E-state index in [1.807, 2.05) is 0 Å². The molecule has 3 rings (SSSR count). The lowest BCUT2D eigenvalue weighted by molar-refractivity contribution is -0.129. The van der Waals surface area contributed by atoms with Gasteiger partial charge in [0.1, 0.15) is 5.82 Å². The summed E-state index contributed by atoms with van der Waals surface area (Å²) in [5.41, 5.74) is 0.574. The normalized spacial score (nSPS) is 22.4. The fraction of sp³-hybridized carbons (Fsp3) is 0.533. The van der Waals surface area contributed by atoms with Crippen molar-refractivity contribution in [1.29, 1.82) is 0 Å². The third-order valence-electron chi connectivity index (χ3n) is 4.16. The zero-order valence-corrected chi connectivity index (χ0v) is 11.0. The molecule has 0 aromatic heterocycles. The van der Waals surface area contributed by atoms with Crippen molar-refractivity contribution in [2.24, 2.45) is 5.41 Å². The molecule has 0 bridgehead atoms. The van der Waals surface area contributed by atoms with Crippen molar-refractivity contribution in [1.82, 2.24) is 5.32 Å². The summed E-state index contributed by atoms with van der Waals surface area (Å²) in [5, 5.41) is 3.03. The first kappa shape index (κ1) is 12.6. The van der Waals surface area contributed by atoms with Crippen LogP contribution in [0.3, 0.4) is 0 Å². The number of amides is 1. The summed E-state index contributed by atoms with van der Waals surface area (Å²) in [6.45, 7) is 4.16. The zero-order valence-electron chi connectivity index (χ0n) is 11.0. The minimum atomic E-state index is -0.422. The lowest BCUT2D eigenvalue weighted by Gasteiger charge is -2.38. The molecule has 1 aliphatic carbocycles. The first-order valence-corrected chi connectivity index (χ1v) is 6.66. The van der Waals surface area contributed by atoms with Crippen LogP contribution in [0.1, 0.15) is 25.3 Å². The van der Waals surface area contributed by atoms with Crippen molar-refractivity contribution in [2.45, 2.75) is 25.2 Å². The Bertz CT molecular complexity index is 489. The molecule has 3 nitrogen and oxygen atoms in total. The molecule has 0 radical (unpaired) electrons. The lowest BCUT2D eigenvalue weighted by Crippen LogP contribution is -2.50. The van der Waals surface area contributed by atoms with Crippen LogP contribution in [0, 0.1) is 11.2 Å². The summed E-state index contributed by atoms with van der Waals surface area (Å²) >= 11 is 0. The van der Waals surface area contributed by atoms with Crippen LogP contribution >= 0.6 is 0 Å². The van der Waals surface area contributed by atoms with Gasteiger partial charge < -0.3 is 10.1 Å². The van der Waals surface area contributed by atoms with Crippen molar-refractivity contribution in [3.05, 3.63) is 35.6 Å². The molecule has 4 heteroatoms. The number of carbonyl (C=O) groups is 1. The first-order chi connectivity index (χ1) is 9.04. The van der Waals surface area contributed by atoms with Crippen molar-refractivity contribution in [2.75, 3.05) is 19.8 Å². The number of carbonyl (C=O) groups excluding carboxylic acids is 1. The minimum Gasteiger partial charge on any atom is -0.380 e. The molecule has 0 spiro atoms. The summed E-state index contributed by atoms with van der Waals surface area (Å²) in [6.07, 6.45) is 1.69. The summed E-state index contributed by atoms with van der Waals surface area (Å²) in [7, 11) is 0. The maximum absolute atomic E-state index is 12.9. The first-order valence-electron chi connectivity index (χ1n) is 6.66. The molecule has 1 aliphatic heterocycles. The second-order valence-corrected chi connectivity index (χ2v) is 6.08. The molecule has 0 atom stereocenters. The monoisotopic (exact) mass is 263 g/mol. The van der Waals surface area contributed by atoms with E-state index in [1.54, 1.807) is 12.1 Å². The number of hydrogen-bond acceptors (Lipinski definition) is 2. The fourth-order valence-electron chi connectivity index (χ4n) is 2.56. The van der Waals surface area contributed by atoms with Gasteiger partial charge in [-0.3, -0.25) is 4.79 Å². The van der Waals surface area contributed by atoms with E-state index in [4.69, 9.17) is 4.74 Å². The van der Waals surface area contributed by atoms with Crippen molar-refractivity contribution in [3.8, 4) is 0 Å². The van der Waals surface area contributed by atoms with Crippen LogP contribution in [0.2, 0.25) is 0 Å². The Kier molecular flexibility index (Phi) is 2.86. The highest BCUT2D eigenvalue weighted by molar-refractivity contribution is 5.91. The van der Waals surface area contributed by atoms with Crippen LogP contribution in [-0.4, -0.2) is 25.7 Å². The Morgan fingerprint density at radius 3 is 2.42 bits per heavy atom. The average Bonchev–Trinajstić information content (AvgIpc) is 3.16. The van der Waals surface area contributed by atoms with Gasteiger partial charge in [0.15, 0.2) is 0 Å². The standard InChI is InChI=1S/C15H18FNO2/c1-14(9-19-10-14)8-17-13(18)15(6-7-15)11-2-4-12(16)5-3-11/h2-5H,6-10H2,1H3,(H,17,18). The molecule has 0 unspecified atom stereocenters. The quantitative estimate of drug-likeness (QED) is 0.902. The Morgan fingerprint density at radius 2 is 1.95 bits per heavy atom. The van der Waals surface area contributed by atoms with E-state index in [2.05, 4.69) is 12.2 Å². The predicted molar refractivity (Wildman–Crippen MR) is 69.2 cm³/mol. The van der Waals surface area contributed by atoms with E-state index in [-0.39, 0.29) is 17.1 Å². The van der Waals surface area contributed by atoms with Gasteiger partial charge in [-0.25, -0.2) is 4.39 Å². The topological polar surface area (TPSA) is 38.3 Å². The Balaban J connectivity index is 1.67. The smallest absolute Gasteiger partial charge is 0.230 e. The summed E-state index contributed by atoms with van der Waals surface area (Å²) in [5.74, 6) is -0.202. The van der Waals surface area contributed by atoms with Gasteiger partial charge in [0, 0.05) is 12.0 Å². The Morgan fingerprint density at radius 1 is 1.32 bits per heavy atom. The fourth-order valence-corrected chi connectivity index (χ4v) is 2.56. The largest absolute Gasteiger partial charge is 0.380 e. The van der Waals surface area contributed by atoms with Gasteiger partial charge in [0.25, 0.3) is 0 Å². The van der Waals surface area contributed by atoms with Crippen LogP contribution in [0.25, 0.3) is 0 Å². The van der Waals surface area contributed by atoms with Crippen molar-refractivity contribution >= 4 is 5.91 Å². The van der Waals surface area contributed by atoms with Crippen LogP contribution in [-0.2, 0) is 14.9 Å². The van der Waals surface area contributed by atoms with E-state index in [0.29, 0.717) is 19.8 Å². The molecule has 19 heavy (non-hydrogen) atoms. The summed E-state index contributed by atoms with van der Waals surface area (Å²) < 4.78 is 18.1. The lowest BCUT2D eigenvalue weighted by atomic mass is 9.88. The summed E-state index contributed by atoms with van der Waals surface area (Å²) in [4.78, 5) is 12.4. The van der Waals surface area contributed by atoms with E-state index in [1.165, 1.54) is 12.1 Å². The second kappa shape index (κ2) is 4.30. The third-order valence-corrected chi connectivity index (χ3v) is 4.16. The van der Waals surface area contributed by atoms with E-state index in [0.717, 1.165) is 18.4 Å². The van der Waals surface area contributed by atoms with E-state index < -0.39 is 5.41 Å². The van der Waals surface area contributed by atoms with Gasteiger partial charge in [-0.2, -0.15) is 0 Å². The zero-order chi connectivity index (χ0) is 13.5. The molecule has 1 aromatic carbocycles. The van der Waals surface area contributed by atoms with Crippen molar-refractivity contribution < 1.29 is 13.9 Å². The molecule has 1 heterocycles. The van der Waals surface area contributed by atoms with Gasteiger partial charge in [-0.05, 0) is 30.5 Å². The maximum atomic E-state index is 12.9. The van der Waals surface area contributed by atoms with Gasteiger partial charge in [-0.1, -0.05) is 19.1 Å². The van der Waals surface area contributed by atoms with Gasteiger partial charge in [0.05, 0.1) is 18.6 Å². The highest BCUT2D eigenvalue weighted by Gasteiger charge is 2.51. The molecule has 1 saturated carbocycles. The number of halogens is 1. The number of benzene rings is 1. The van der Waals surface area contributed by atoms with Crippen LogP contribution in [0.15, 0.2) is 24.3 Å². The van der Waals surface area contributed by atoms with Gasteiger partial charge >= 0.3 is 0 Å². The summed E-state index contributed by atoms with van der Waals surface area (Å²) in [6, 6.07) is 6.28. The van der Waals surface area contributed by atoms with E-state index >= 15 is 0 Å². The minimum absolute atomic E-state index is 0.0623. The molecule has 102 valence electrons. The molecule has 1 amide bonds. The maximum Gasteiger partial charge on any atom is 0.230 e. The number of ether oxygens (including phenoxy) is 1. The van der Waals surface area contributed by atoms with Gasteiger partial charge in [0.2, 0.25) is 5.91 Å². The molecule has 1 saturated heterocycles. The van der Waals surface area contributed by atoms with Crippen LogP contribution < -0.4 is 5.32 Å². The van der Waals surface area contributed by atoms with Crippen LogP contribution in [0.4, 0.5) is 4.39 Å². The highest BCUT2D eigenvalue weighted by atomic mass is 19.1. The van der Waals surface area contributed by atoms with Crippen molar-refractivity contribution in [3.63, 3.8) is 0 Å².